The molecule has 2 aromatic rings. The molecule has 0 aliphatic rings. The summed E-state index contributed by atoms with van der Waals surface area (Å²) in [6.45, 7) is 1.92. The third-order valence-electron chi connectivity index (χ3n) is 3.64. The van der Waals surface area contributed by atoms with Crippen molar-refractivity contribution in [3.63, 3.8) is 0 Å². The highest BCUT2D eigenvalue weighted by molar-refractivity contribution is 7.92. The van der Waals surface area contributed by atoms with E-state index >= 15 is 0 Å². The number of anilines is 2. The lowest BCUT2D eigenvalue weighted by molar-refractivity contribution is 0.0527. The molecule has 0 heterocycles. The second-order valence-corrected chi connectivity index (χ2v) is 7.51. The monoisotopic (exact) mass is 376 g/mol. The molecule has 2 aromatic carbocycles. The number of carbonyl (C=O) groups is 2. The smallest absolute Gasteiger partial charge is 0.340 e. The van der Waals surface area contributed by atoms with Gasteiger partial charge in [-0.2, -0.15) is 0 Å². The molecule has 0 bridgehead atoms. The van der Waals surface area contributed by atoms with Crippen molar-refractivity contribution < 1.29 is 22.7 Å². The fourth-order valence-electron chi connectivity index (χ4n) is 2.21. The van der Waals surface area contributed by atoms with Gasteiger partial charge < -0.3 is 10.1 Å². The van der Waals surface area contributed by atoms with Gasteiger partial charge in [0.25, 0.3) is 5.91 Å². The van der Waals surface area contributed by atoms with Gasteiger partial charge in [-0.25, -0.2) is 13.2 Å². The molecule has 1 amide bonds. The zero-order valence-electron chi connectivity index (χ0n) is 14.7. The fraction of sp³-hybridized carbons (Fsp3) is 0.222. The first kappa shape index (κ1) is 19.5. The van der Waals surface area contributed by atoms with Gasteiger partial charge in [0.2, 0.25) is 10.0 Å². The summed E-state index contributed by atoms with van der Waals surface area (Å²) < 4.78 is 29.4. The quantitative estimate of drug-likeness (QED) is 0.782. The summed E-state index contributed by atoms with van der Waals surface area (Å²) in [5, 5.41) is 2.66. The van der Waals surface area contributed by atoms with Crippen LogP contribution in [-0.2, 0) is 14.8 Å². The largest absolute Gasteiger partial charge is 0.462 e. The van der Waals surface area contributed by atoms with Crippen LogP contribution in [0.1, 0.15) is 27.6 Å². The van der Waals surface area contributed by atoms with E-state index in [9.17, 15) is 18.0 Å². The lowest BCUT2D eigenvalue weighted by Crippen LogP contribution is -2.25. The Bertz CT molecular complexity index is 925. The Morgan fingerprint density at radius 3 is 2.46 bits per heavy atom. The summed E-state index contributed by atoms with van der Waals surface area (Å²) >= 11 is 0. The van der Waals surface area contributed by atoms with Crippen molar-refractivity contribution >= 4 is 33.3 Å². The Morgan fingerprint density at radius 1 is 1.12 bits per heavy atom. The first-order chi connectivity index (χ1) is 12.2. The molecular weight excluding hydrogens is 356 g/mol. The van der Waals surface area contributed by atoms with Crippen LogP contribution < -0.4 is 9.62 Å². The van der Waals surface area contributed by atoms with Crippen molar-refractivity contribution in [2.45, 2.75) is 6.92 Å². The predicted molar refractivity (Wildman–Crippen MR) is 100 cm³/mol. The maximum atomic E-state index is 12.5. The van der Waals surface area contributed by atoms with E-state index in [1.54, 1.807) is 49.4 Å². The number of benzene rings is 2. The number of nitrogens with zero attached hydrogens (tertiary/aromatic N) is 1. The normalized spacial score (nSPS) is 10.9. The molecule has 2 rings (SSSR count). The Kier molecular flexibility index (Phi) is 5.99. The van der Waals surface area contributed by atoms with Crippen LogP contribution in [0.25, 0.3) is 0 Å². The summed E-state index contributed by atoms with van der Waals surface area (Å²) in [6.07, 6.45) is 1.08. The first-order valence-electron chi connectivity index (χ1n) is 7.85. The molecule has 7 nitrogen and oxygen atoms in total. The van der Waals surface area contributed by atoms with Gasteiger partial charge in [0, 0.05) is 12.6 Å². The van der Waals surface area contributed by atoms with Gasteiger partial charge in [0.05, 0.1) is 29.8 Å². The van der Waals surface area contributed by atoms with Crippen molar-refractivity contribution in [1.29, 1.82) is 0 Å². The second kappa shape index (κ2) is 8.01. The molecular formula is C18H20N2O5S. The molecule has 26 heavy (non-hydrogen) atoms. The van der Waals surface area contributed by atoms with Crippen molar-refractivity contribution in [3.05, 3.63) is 59.7 Å². The standard InChI is InChI=1S/C18H20N2O5S/c1-4-25-18(22)15-10-5-6-11-16(15)19-17(21)13-8-7-9-14(12-13)20(2)26(3,23)24/h5-12H,4H2,1-3H3,(H,19,21). The maximum Gasteiger partial charge on any atom is 0.340 e. The number of esters is 1. The Hall–Kier alpha value is -2.87. The molecule has 0 radical (unpaired) electrons. The summed E-state index contributed by atoms with van der Waals surface area (Å²) in [7, 11) is -2.04. The number of para-hydroxylation sites is 1. The average Bonchev–Trinajstić information content (AvgIpc) is 2.61. The number of rotatable bonds is 6. The lowest BCUT2D eigenvalue weighted by Gasteiger charge is -2.17. The van der Waals surface area contributed by atoms with Crippen LogP contribution in [0.15, 0.2) is 48.5 Å². The number of carbonyl (C=O) groups excluding carboxylic acids is 2. The van der Waals surface area contributed by atoms with Gasteiger partial charge in [-0.05, 0) is 37.3 Å². The van der Waals surface area contributed by atoms with E-state index in [1.165, 1.54) is 13.1 Å². The molecule has 0 unspecified atom stereocenters. The van der Waals surface area contributed by atoms with Gasteiger partial charge in [0.15, 0.2) is 0 Å². The Morgan fingerprint density at radius 2 is 1.81 bits per heavy atom. The number of hydrogen-bond donors (Lipinski definition) is 1. The van der Waals surface area contributed by atoms with Gasteiger partial charge in [-0.3, -0.25) is 9.10 Å². The second-order valence-electron chi connectivity index (χ2n) is 5.50. The van der Waals surface area contributed by atoms with Crippen LogP contribution >= 0.6 is 0 Å². The molecule has 1 N–H and O–H groups in total. The topological polar surface area (TPSA) is 92.8 Å². The molecule has 0 aliphatic heterocycles. The highest BCUT2D eigenvalue weighted by Gasteiger charge is 2.17. The Balaban J connectivity index is 2.28. The predicted octanol–water partition coefficient (Wildman–Crippen LogP) is 2.51. The van der Waals surface area contributed by atoms with Gasteiger partial charge in [-0.15, -0.1) is 0 Å². The van der Waals surface area contributed by atoms with Crippen molar-refractivity contribution in [3.8, 4) is 0 Å². The van der Waals surface area contributed by atoms with Gasteiger partial charge in [-0.1, -0.05) is 18.2 Å². The fourth-order valence-corrected chi connectivity index (χ4v) is 2.70. The summed E-state index contributed by atoms with van der Waals surface area (Å²) in [4.78, 5) is 24.5. The molecule has 0 saturated carbocycles. The van der Waals surface area contributed by atoms with Gasteiger partial charge in [0.1, 0.15) is 0 Å². The van der Waals surface area contributed by atoms with E-state index in [4.69, 9.17) is 4.74 Å². The van der Waals surface area contributed by atoms with E-state index in [-0.39, 0.29) is 17.7 Å². The summed E-state index contributed by atoms with van der Waals surface area (Å²) in [6, 6.07) is 12.7. The number of sulfonamides is 1. The van der Waals surface area contributed by atoms with Crippen LogP contribution in [0.4, 0.5) is 11.4 Å². The molecule has 0 saturated heterocycles. The van der Waals surface area contributed by atoms with Crippen molar-refractivity contribution in [1.82, 2.24) is 0 Å². The van der Waals surface area contributed by atoms with Gasteiger partial charge >= 0.3 is 5.97 Å². The van der Waals surface area contributed by atoms with E-state index in [1.807, 2.05) is 0 Å². The minimum Gasteiger partial charge on any atom is -0.462 e. The molecule has 0 atom stereocenters. The average molecular weight is 376 g/mol. The zero-order valence-corrected chi connectivity index (χ0v) is 15.5. The number of hydrogen-bond acceptors (Lipinski definition) is 5. The van der Waals surface area contributed by atoms with E-state index in [0.29, 0.717) is 11.4 Å². The SMILES string of the molecule is CCOC(=O)c1ccccc1NC(=O)c1cccc(N(C)S(C)(=O)=O)c1. The summed E-state index contributed by atoms with van der Waals surface area (Å²) in [5.74, 6) is -1.00. The van der Waals surface area contributed by atoms with E-state index in [2.05, 4.69) is 5.32 Å². The minimum absolute atomic E-state index is 0.223. The summed E-state index contributed by atoms with van der Waals surface area (Å²) in [5.41, 5.74) is 1.18. The molecule has 138 valence electrons. The third-order valence-corrected chi connectivity index (χ3v) is 4.85. The molecule has 0 fully saturated rings. The lowest BCUT2D eigenvalue weighted by atomic mass is 10.1. The Labute approximate surface area is 152 Å². The molecule has 0 aromatic heterocycles. The van der Waals surface area contributed by atoms with Crippen LogP contribution in [-0.4, -0.2) is 40.2 Å². The van der Waals surface area contributed by atoms with E-state index in [0.717, 1.165) is 10.6 Å². The van der Waals surface area contributed by atoms with Crippen LogP contribution in [0, 0.1) is 0 Å². The van der Waals surface area contributed by atoms with E-state index < -0.39 is 21.9 Å². The van der Waals surface area contributed by atoms with Crippen LogP contribution in [0.2, 0.25) is 0 Å². The van der Waals surface area contributed by atoms with Crippen LogP contribution in [0.5, 0.6) is 0 Å². The van der Waals surface area contributed by atoms with Crippen molar-refractivity contribution in [2.75, 3.05) is 29.5 Å². The molecule has 8 heteroatoms. The minimum atomic E-state index is -3.44. The van der Waals surface area contributed by atoms with Crippen LogP contribution in [0.3, 0.4) is 0 Å². The third kappa shape index (κ3) is 4.60. The first-order valence-corrected chi connectivity index (χ1v) is 9.70. The molecule has 0 spiro atoms. The van der Waals surface area contributed by atoms with Crippen molar-refractivity contribution in [2.24, 2.45) is 0 Å². The highest BCUT2D eigenvalue weighted by Crippen LogP contribution is 2.20. The molecule has 0 aliphatic carbocycles. The zero-order chi connectivity index (χ0) is 19.3. The highest BCUT2D eigenvalue weighted by atomic mass is 32.2. The maximum absolute atomic E-state index is 12.5. The number of amides is 1. The number of ether oxygens (including phenoxy) is 1. The number of nitrogens with one attached hydrogen (secondary N) is 1.